The van der Waals surface area contributed by atoms with Crippen LogP contribution in [0.3, 0.4) is 0 Å². The van der Waals surface area contributed by atoms with Crippen molar-refractivity contribution in [2.75, 3.05) is 26.1 Å². The van der Waals surface area contributed by atoms with Gasteiger partial charge in [0.25, 0.3) is 5.91 Å². The van der Waals surface area contributed by atoms with Crippen LogP contribution in [0.5, 0.6) is 0 Å². The van der Waals surface area contributed by atoms with Crippen LogP contribution < -0.4 is 16.0 Å². The van der Waals surface area contributed by atoms with Gasteiger partial charge in [-0.05, 0) is 43.2 Å². The number of amides is 2. The van der Waals surface area contributed by atoms with E-state index in [1.54, 1.807) is 14.2 Å². The standard InChI is InChI=1S/C21H29N3O4/c1-20-9-8-13(10-15(20)19(26)22-11-17(27-2)28-3)21(12-20)23-16-7-5-4-6-14(16)18(25)24-21/h4-7,13,15,17,23H,8-12H2,1-3H3,(H,22,26)(H,24,25)/t13?,15?,20?,21-/m1/s1. The van der Waals surface area contributed by atoms with Gasteiger partial charge in [-0.3, -0.25) is 9.59 Å². The van der Waals surface area contributed by atoms with E-state index >= 15 is 0 Å². The van der Waals surface area contributed by atoms with Gasteiger partial charge in [0.15, 0.2) is 6.29 Å². The molecule has 28 heavy (non-hydrogen) atoms. The minimum atomic E-state index is -0.475. The molecule has 0 aromatic heterocycles. The molecule has 3 aliphatic carbocycles. The van der Waals surface area contributed by atoms with E-state index in [-0.39, 0.29) is 29.1 Å². The lowest BCUT2D eigenvalue weighted by Crippen LogP contribution is -2.70. The van der Waals surface area contributed by atoms with Crippen molar-refractivity contribution in [2.45, 2.75) is 44.6 Å². The third-order valence-electron chi connectivity index (χ3n) is 6.96. The summed E-state index contributed by atoms with van der Waals surface area (Å²) < 4.78 is 10.3. The van der Waals surface area contributed by atoms with Crippen molar-refractivity contribution in [2.24, 2.45) is 17.3 Å². The Labute approximate surface area is 165 Å². The second kappa shape index (κ2) is 7.04. The largest absolute Gasteiger partial charge is 0.362 e. The summed E-state index contributed by atoms with van der Waals surface area (Å²) in [6.07, 6.45) is 3.02. The van der Waals surface area contributed by atoms with Crippen LogP contribution in [0.4, 0.5) is 5.69 Å². The monoisotopic (exact) mass is 387 g/mol. The van der Waals surface area contributed by atoms with Crippen molar-refractivity contribution in [3.63, 3.8) is 0 Å². The molecule has 2 amide bonds. The molecule has 3 saturated carbocycles. The number of hydrogen-bond donors (Lipinski definition) is 3. The molecule has 3 N–H and O–H groups in total. The molecule has 1 aromatic rings. The molecule has 0 saturated heterocycles. The van der Waals surface area contributed by atoms with Crippen LogP contribution in [0.2, 0.25) is 0 Å². The number of rotatable bonds is 5. The smallest absolute Gasteiger partial charge is 0.255 e. The zero-order valence-electron chi connectivity index (χ0n) is 16.7. The average molecular weight is 387 g/mol. The Kier molecular flexibility index (Phi) is 4.83. The van der Waals surface area contributed by atoms with E-state index in [1.165, 1.54) is 0 Å². The van der Waals surface area contributed by atoms with Gasteiger partial charge in [0.2, 0.25) is 5.91 Å². The number of ether oxygens (including phenoxy) is 2. The van der Waals surface area contributed by atoms with Crippen LogP contribution in [-0.4, -0.2) is 44.5 Å². The molecule has 3 fully saturated rings. The van der Waals surface area contributed by atoms with Gasteiger partial charge >= 0.3 is 0 Å². The number of hydrogen-bond acceptors (Lipinski definition) is 5. The van der Waals surface area contributed by atoms with Gasteiger partial charge in [-0.15, -0.1) is 0 Å². The van der Waals surface area contributed by atoms with E-state index in [0.717, 1.165) is 31.4 Å². The summed E-state index contributed by atoms with van der Waals surface area (Å²) in [5.74, 6) is 0.142. The first-order valence-corrected chi connectivity index (χ1v) is 9.94. The summed E-state index contributed by atoms with van der Waals surface area (Å²) >= 11 is 0. The van der Waals surface area contributed by atoms with Crippen molar-refractivity contribution < 1.29 is 19.1 Å². The molecule has 1 heterocycles. The lowest BCUT2D eigenvalue weighted by molar-refractivity contribution is -0.144. The normalized spacial score (nSPS) is 33.4. The number of carbonyl (C=O) groups excluding carboxylic acids is 2. The third-order valence-corrected chi connectivity index (χ3v) is 6.96. The summed E-state index contributed by atoms with van der Waals surface area (Å²) in [6.45, 7) is 2.50. The predicted octanol–water partition coefficient (Wildman–Crippen LogP) is 2.10. The number of anilines is 1. The summed E-state index contributed by atoms with van der Waals surface area (Å²) in [7, 11) is 3.12. The van der Waals surface area contributed by atoms with Gasteiger partial charge in [-0.25, -0.2) is 0 Å². The molecule has 4 aliphatic rings. The van der Waals surface area contributed by atoms with Gasteiger partial charge in [0.1, 0.15) is 5.66 Å². The van der Waals surface area contributed by atoms with Crippen molar-refractivity contribution >= 4 is 17.5 Å². The molecule has 1 aromatic carbocycles. The molecular weight excluding hydrogens is 358 g/mol. The highest BCUT2D eigenvalue weighted by Crippen LogP contribution is 2.58. The van der Waals surface area contributed by atoms with Crippen LogP contribution in [0.15, 0.2) is 24.3 Å². The maximum absolute atomic E-state index is 12.9. The number of fused-ring (bicyclic) bond motifs is 3. The van der Waals surface area contributed by atoms with Gasteiger partial charge in [-0.1, -0.05) is 19.1 Å². The number of methoxy groups -OCH3 is 2. The van der Waals surface area contributed by atoms with Crippen molar-refractivity contribution in [1.29, 1.82) is 0 Å². The summed E-state index contributed by atoms with van der Waals surface area (Å²) in [4.78, 5) is 25.7. The number of carbonyl (C=O) groups is 2. The highest BCUT2D eigenvalue weighted by Gasteiger charge is 2.60. The van der Waals surface area contributed by atoms with Crippen molar-refractivity contribution in [3.8, 4) is 0 Å². The van der Waals surface area contributed by atoms with Crippen LogP contribution >= 0.6 is 0 Å². The second-order valence-corrected chi connectivity index (χ2v) is 8.60. The lowest BCUT2D eigenvalue weighted by atomic mass is 9.51. The fraction of sp³-hybridized carbons (Fsp3) is 0.619. The highest BCUT2D eigenvalue weighted by atomic mass is 16.7. The predicted molar refractivity (Wildman–Crippen MR) is 105 cm³/mol. The van der Waals surface area contributed by atoms with E-state index in [2.05, 4.69) is 22.9 Å². The molecule has 4 atom stereocenters. The van der Waals surface area contributed by atoms with E-state index in [9.17, 15) is 9.59 Å². The Morgan fingerprint density at radius 3 is 2.75 bits per heavy atom. The SMILES string of the molecule is COC(CNC(=O)C1CC2CCC1(C)C[C@@]21NC(=O)c2ccccc2N1)OC. The van der Waals surface area contributed by atoms with E-state index < -0.39 is 12.0 Å². The van der Waals surface area contributed by atoms with Gasteiger partial charge in [0.05, 0.1) is 12.1 Å². The lowest BCUT2D eigenvalue weighted by Gasteiger charge is -2.60. The topological polar surface area (TPSA) is 88.7 Å². The quantitative estimate of drug-likeness (QED) is 0.674. The van der Waals surface area contributed by atoms with Gasteiger partial charge < -0.3 is 25.4 Å². The number of nitrogens with one attached hydrogen (secondary N) is 3. The molecule has 5 rings (SSSR count). The first kappa shape index (κ1) is 19.2. The molecule has 152 valence electrons. The van der Waals surface area contributed by atoms with E-state index in [1.807, 2.05) is 24.3 Å². The minimum absolute atomic E-state index is 0.0328. The van der Waals surface area contributed by atoms with E-state index in [4.69, 9.17) is 9.47 Å². The van der Waals surface area contributed by atoms with Gasteiger partial charge in [-0.2, -0.15) is 0 Å². The Morgan fingerprint density at radius 2 is 2.04 bits per heavy atom. The second-order valence-electron chi connectivity index (χ2n) is 8.60. The fourth-order valence-corrected chi connectivity index (χ4v) is 5.42. The number of benzene rings is 1. The van der Waals surface area contributed by atoms with Crippen LogP contribution in [-0.2, 0) is 14.3 Å². The van der Waals surface area contributed by atoms with Crippen LogP contribution in [0.1, 0.15) is 43.0 Å². The van der Waals surface area contributed by atoms with Crippen molar-refractivity contribution in [1.82, 2.24) is 10.6 Å². The van der Waals surface area contributed by atoms with Crippen molar-refractivity contribution in [3.05, 3.63) is 29.8 Å². The fourth-order valence-electron chi connectivity index (χ4n) is 5.42. The molecule has 7 nitrogen and oxygen atoms in total. The highest BCUT2D eigenvalue weighted by molar-refractivity contribution is 6.02. The molecular formula is C21H29N3O4. The maximum Gasteiger partial charge on any atom is 0.255 e. The molecule has 0 radical (unpaired) electrons. The Balaban J connectivity index is 1.52. The molecule has 2 bridgehead atoms. The van der Waals surface area contributed by atoms with Gasteiger partial charge in [0, 0.05) is 31.7 Å². The minimum Gasteiger partial charge on any atom is -0.362 e. The molecule has 3 unspecified atom stereocenters. The Morgan fingerprint density at radius 1 is 1.29 bits per heavy atom. The zero-order chi connectivity index (χ0) is 19.9. The van der Waals surface area contributed by atoms with Crippen LogP contribution in [0, 0.1) is 17.3 Å². The molecule has 1 aliphatic heterocycles. The summed E-state index contributed by atoms with van der Waals surface area (Å²) in [6, 6.07) is 7.62. The van der Waals surface area contributed by atoms with Crippen LogP contribution in [0.25, 0.3) is 0 Å². The Bertz CT molecular complexity index is 781. The third kappa shape index (κ3) is 3.06. The summed E-state index contributed by atoms with van der Waals surface area (Å²) in [5, 5.41) is 9.86. The Hall–Kier alpha value is -2.12. The average Bonchev–Trinajstić information content (AvgIpc) is 2.68. The zero-order valence-corrected chi connectivity index (χ0v) is 16.7. The van der Waals surface area contributed by atoms with E-state index in [0.29, 0.717) is 12.1 Å². The maximum atomic E-state index is 12.9. The summed E-state index contributed by atoms with van der Waals surface area (Å²) in [5.41, 5.74) is 0.906. The molecule has 1 spiro atoms. The first-order valence-electron chi connectivity index (χ1n) is 9.94. The number of para-hydroxylation sites is 1. The molecule has 7 heteroatoms. The first-order chi connectivity index (χ1) is 13.4.